The van der Waals surface area contributed by atoms with Crippen molar-refractivity contribution >= 4 is 0 Å². The molecule has 0 radical (unpaired) electrons. The highest BCUT2D eigenvalue weighted by Gasteiger charge is 2.30. The van der Waals surface area contributed by atoms with Gasteiger partial charge in [-0.05, 0) is 63.5 Å². The van der Waals surface area contributed by atoms with E-state index in [-0.39, 0.29) is 34.0 Å². The highest BCUT2D eigenvalue weighted by atomic mass is 79.9. The van der Waals surface area contributed by atoms with Gasteiger partial charge in [0.05, 0.1) is 0 Å². The van der Waals surface area contributed by atoms with Gasteiger partial charge in [0, 0.05) is 60.1 Å². The predicted octanol–water partition coefficient (Wildman–Crippen LogP) is 0.806. The van der Waals surface area contributed by atoms with Gasteiger partial charge in [0.2, 0.25) is 0 Å². The summed E-state index contributed by atoms with van der Waals surface area (Å²) in [7, 11) is 0. The Morgan fingerprint density at radius 2 is 0.972 bits per heavy atom. The SMILES string of the molecule is CCCC(c1ccc(C(CCC)[n+]2cccc3c2CCCC3)cc1)[n+]1cccc2c1CCCC2.[Br-].[Br-]. The summed E-state index contributed by atoms with van der Waals surface area (Å²) in [5, 5.41) is 0. The molecule has 0 spiro atoms. The number of fused-ring (bicyclic) bond motifs is 2. The van der Waals surface area contributed by atoms with Crippen LogP contribution < -0.4 is 43.1 Å². The second-order valence-corrected chi connectivity index (χ2v) is 10.5. The van der Waals surface area contributed by atoms with E-state index in [1.165, 1.54) is 88.2 Å². The molecule has 0 saturated heterocycles. The van der Waals surface area contributed by atoms with E-state index in [2.05, 4.69) is 83.9 Å². The summed E-state index contributed by atoms with van der Waals surface area (Å²) in [4.78, 5) is 0. The lowest BCUT2D eigenvalue weighted by Crippen LogP contribution is -3.00. The van der Waals surface area contributed by atoms with Crippen LogP contribution in [-0.4, -0.2) is 0 Å². The molecular formula is C32H42Br2N2. The molecule has 2 atom stereocenters. The largest absolute Gasteiger partial charge is 1.00 e. The third-order valence-corrected chi connectivity index (χ3v) is 8.17. The van der Waals surface area contributed by atoms with E-state index >= 15 is 0 Å². The van der Waals surface area contributed by atoms with Crippen LogP contribution in [-0.2, 0) is 25.7 Å². The molecule has 5 rings (SSSR count). The summed E-state index contributed by atoms with van der Waals surface area (Å²) >= 11 is 0. The normalized spacial score (nSPS) is 16.1. The maximum atomic E-state index is 2.61. The van der Waals surface area contributed by atoms with E-state index in [0.717, 1.165) is 0 Å². The summed E-state index contributed by atoms with van der Waals surface area (Å²) in [5.74, 6) is 0. The number of pyridine rings is 2. The summed E-state index contributed by atoms with van der Waals surface area (Å²) in [5.41, 5.74) is 9.22. The first-order valence-electron chi connectivity index (χ1n) is 13.9. The zero-order valence-corrected chi connectivity index (χ0v) is 25.2. The molecular weight excluding hydrogens is 572 g/mol. The molecule has 194 valence electrons. The highest BCUT2D eigenvalue weighted by molar-refractivity contribution is 5.27. The van der Waals surface area contributed by atoms with E-state index in [0.29, 0.717) is 12.1 Å². The van der Waals surface area contributed by atoms with Crippen LogP contribution in [0.15, 0.2) is 60.9 Å². The number of rotatable bonds is 8. The Kier molecular flexibility index (Phi) is 11.2. The van der Waals surface area contributed by atoms with Gasteiger partial charge in [-0.2, -0.15) is 9.13 Å². The molecule has 3 aromatic rings. The Balaban J connectivity index is 0.00000180. The van der Waals surface area contributed by atoms with Crippen molar-refractivity contribution < 1.29 is 43.1 Å². The van der Waals surface area contributed by atoms with Gasteiger partial charge in [-0.3, -0.25) is 0 Å². The van der Waals surface area contributed by atoms with Crippen LogP contribution in [0.25, 0.3) is 0 Å². The van der Waals surface area contributed by atoms with Crippen LogP contribution in [0.2, 0.25) is 0 Å². The van der Waals surface area contributed by atoms with Crippen molar-refractivity contribution in [2.45, 2.75) is 103 Å². The summed E-state index contributed by atoms with van der Waals surface area (Å²) in [6.07, 6.45) is 19.7. The van der Waals surface area contributed by atoms with Gasteiger partial charge in [-0.1, -0.05) is 38.1 Å². The standard InChI is InChI=1S/C32H42N2.2BrH/c1-3-11-29(33-23-9-15-25-13-5-7-17-31(25)33)27-19-21-28(22-20-27)30(12-4-2)34-24-10-16-26-14-6-8-18-32(26)34;;/h9-10,15-16,19-24,29-30H,3-8,11-14,17-18H2,1-2H3;2*1H/q+2;;/p-2. The van der Waals surface area contributed by atoms with Crippen LogP contribution in [0.5, 0.6) is 0 Å². The van der Waals surface area contributed by atoms with Crippen molar-refractivity contribution in [3.05, 3.63) is 94.6 Å². The summed E-state index contributed by atoms with van der Waals surface area (Å²) in [6.45, 7) is 4.65. The number of hydrogen-bond acceptors (Lipinski definition) is 0. The number of hydrogen-bond donors (Lipinski definition) is 0. The van der Waals surface area contributed by atoms with E-state index in [4.69, 9.17) is 0 Å². The highest BCUT2D eigenvalue weighted by Crippen LogP contribution is 2.27. The maximum Gasteiger partial charge on any atom is 0.185 e. The average Bonchev–Trinajstić information content (AvgIpc) is 2.90. The minimum absolute atomic E-state index is 0. The van der Waals surface area contributed by atoms with E-state index in [1.54, 1.807) is 22.5 Å². The number of benzene rings is 1. The molecule has 0 N–H and O–H groups in total. The van der Waals surface area contributed by atoms with Gasteiger partial charge in [0.1, 0.15) is 0 Å². The first kappa shape index (κ1) is 29.0. The molecule has 36 heavy (non-hydrogen) atoms. The molecule has 0 aliphatic heterocycles. The van der Waals surface area contributed by atoms with E-state index < -0.39 is 0 Å². The molecule has 4 heteroatoms. The van der Waals surface area contributed by atoms with E-state index in [1.807, 2.05) is 0 Å². The summed E-state index contributed by atoms with van der Waals surface area (Å²) < 4.78 is 5.22. The fourth-order valence-electron chi connectivity index (χ4n) is 6.46. The quantitative estimate of drug-likeness (QED) is 0.332. The predicted molar refractivity (Wildman–Crippen MR) is 139 cm³/mol. The smallest absolute Gasteiger partial charge is 0.185 e. The van der Waals surface area contributed by atoms with Gasteiger partial charge < -0.3 is 34.0 Å². The molecule has 0 fully saturated rings. The van der Waals surface area contributed by atoms with Gasteiger partial charge >= 0.3 is 0 Å². The molecule has 0 saturated carbocycles. The number of aryl methyl sites for hydroxylation is 2. The lowest BCUT2D eigenvalue weighted by molar-refractivity contribution is -0.722. The molecule has 2 heterocycles. The fraction of sp³-hybridized carbons (Fsp3) is 0.500. The van der Waals surface area contributed by atoms with Gasteiger partial charge in [0.15, 0.2) is 35.9 Å². The second kappa shape index (κ2) is 13.9. The molecule has 0 amide bonds. The fourth-order valence-corrected chi connectivity index (χ4v) is 6.46. The third kappa shape index (κ3) is 6.13. The minimum atomic E-state index is 0. The van der Waals surface area contributed by atoms with Gasteiger partial charge in [0.25, 0.3) is 0 Å². The lowest BCUT2D eigenvalue weighted by Gasteiger charge is -2.21. The lowest BCUT2D eigenvalue weighted by atomic mass is 9.91. The Hall–Kier alpha value is -1.52. The van der Waals surface area contributed by atoms with Crippen LogP contribution in [0, 0.1) is 0 Å². The van der Waals surface area contributed by atoms with Gasteiger partial charge in [-0.15, -0.1) is 0 Å². The zero-order chi connectivity index (χ0) is 23.3. The number of nitrogens with zero attached hydrogens (tertiary/aromatic N) is 2. The topological polar surface area (TPSA) is 7.76 Å². The zero-order valence-electron chi connectivity index (χ0n) is 22.1. The molecule has 2 aliphatic carbocycles. The average molecular weight is 615 g/mol. The van der Waals surface area contributed by atoms with E-state index in [9.17, 15) is 0 Å². The van der Waals surface area contributed by atoms with Crippen molar-refractivity contribution in [1.82, 2.24) is 0 Å². The monoisotopic (exact) mass is 612 g/mol. The van der Waals surface area contributed by atoms with Crippen LogP contribution in [0.4, 0.5) is 0 Å². The van der Waals surface area contributed by atoms with Crippen molar-refractivity contribution in [2.24, 2.45) is 0 Å². The van der Waals surface area contributed by atoms with Crippen molar-refractivity contribution in [1.29, 1.82) is 0 Å². The Morgan fingerprint density at radius 3 is 1.36 bits per heavy atom. The number of aromatic nitrogens is 2. The van der Waals surface area contributed by atoms with Crippen LogP contribution >= 0.6 is 0 Å². The Bertz CT molecular complexity index is 1020. The molecule has 2 aliphatic rings. The minimum Gasteiger partial charge on any atom is -1.00 e. The first-order valence-corrected chi connectivity index (χ1v) is 13.9. The van der Waals surface area contributed by atoms with Crippen LogP contribution in [0.3, 0.4) is 0 Å². The van der Waals surface area contributed by atoms with Crippen molar-refractivity contribution in [3.8, 4) is 0 Å². The van der Waals surface area contributed by atoms with Crippen LogP contribution in [0.1, 0.15) is 111 Å². The van der Waals surface area contributed by atoms with Gasteiger partial charge in [-0.25, -0.2) is 0 Å². The summed E-state index contributed by atoms with van der Waals surface area (Å²) in [6, 6.07) is 19.9. The molecule has 2 unspecified atom stereocenters. The Morgan fingerprint density at radius 1 is 0.583 bits per heavy atom. The second-order valence-electron chi connectivity index (χ2n) is 10.5. The molecule has 1 aromatic carbocycles. The molecule has 2 nitrogen and oxygen atoms in total. The number of halogens is 2. The third-order valence-electron chi connectivity index (χ3n) is 8.17. The Labute approximate surface area is 239 Å². The first-order chi connectivity index (χ1) is 16.8. The molecule has 2 aromatic heterocycles. The molecule has 0 bridgehead atoms. The maximum absolute atomic E-state index is 2.61. The van der Waals surface area contributed by atoms with Crippen molar-refractivity contribution in [3.63, 3.8) is 0 Å². The van der Waals surface area contributed by atoms with Crippen molar-refractivity contribution in [2.75, 3.05) is 0 Å².